The fourth-order valence-corrected chi connectivity index (χ4v) is 2.81. The minimum Gasteiger partial charge on any atom is -0.313 e. The first-order valence-corrected chi connectivity index (χ1v) is 7.46. The van der Waals surface area contributed by atoms with E-state index in [1.54, 1.807) is 12.1 Å². The maximum absolute atomic E-state index is 13.8. The number of nitrogens with one attached hydrogen (secondary N) is 1. The average Bonchev–Trinajstić information content (AvgIpc) is 2.59. The SMILES string of the molecule is CCCC1CN(Cc2ccc(Cl)cc2F)CCCN1. The third kappa shape index (κ3) is 4.44. The molecule has 0 spiro atoms. The fraction of sp³-hybridized carbons (Fsp3) is 0.600. The minimum atomic E-state index is -0.197. The molecule has 1 saturated heterocycles. The monoisotopic (exact) mass is 284 g/mol. The minimum absolute atomic E-state index is 0.197. The molecule has 0 aliphatic carbocycles. The first-order chi connectivity index (χ1) is 9.19. The van der Waals surface area contributed by atoms with Crippen LogP contribution in [0.2, 0.25) is 5.02 Å². The van der Waals surface area contributed by atoms with E-state index in [1.807, 2.05) is 0 Å². The van der Waals surface area contributed by atoms with Crippen LogP contribution in [0.5, 0.6) is 0 Å². The quantitative estimate of drug-likeness (QED) is 0.911. The van der Waals surface area contributed by atoms with E-state index >= 15 is 0 Å². The van der Waals surface area contributed by atoms with Gasteiger partial charge in [-0.05, 0) is 38.1 Å². The van der Waals surface area contributed by atoms with Crippen molar-refractivity contribution in [2.45, 2.75) is 38.8 Å². The van der Waals surface area contributed by atoms with Crippen LogP contribution < -0.4 is 5.32 Å². The Hall–Kier alpha value is -0.640. The third-order valence-corrected chi connectivity index (χ3v) is 3.84. The Kier molecular flexibility index (Phi) is 5.61. The van der Waals surface area contributed by atoms with Gasteiger partial charge in [0.05, 0.1) is 0 Å². The van der Waals surface area contributed by atoms with E-state index in [9.17, 15) is 4.39 Å². The van der Waals surface area contributed by atoms with Gasteiger partial charge in [-0.15, -0.1) is 0 Å². The summed E-state index contributed by atoms with van der Waals surface area (Å²) in [6.07, 6.45) is 3.48. The molecule has 1 unspecified atom stereocenters. The number of benzene rings is 1. The molecule has 1 aromatic rings. The summed E-state index contributed by atoms with van der Waals surface area (Å²) in [5, 5.41) is 4.03. The molecule has 2 rings (SSSR count). The van der Waals surface area contributed by atoms with Crippen molar-refractivity contribution in [1.29, 1.82) is 0 Å². The maximum atomic E-state index is 13.8. The Balaban J connectivity index is 2.00. The highest BCUT2D eigenvalue weighted by molar-refractivity contribution is 6.30. The van der Waals surface area contributed by atoms with E-state index < -0.39 is 0 Å². The van der Waals surface area contributed by atoms with Gasteiger partial charge in [0.2, 0.25) is 0 Å². The summed E-state index contributed by atoms with van der Waals surface area (Å²) in [6.45, 7) is 5.95. The van der Waals surface area contributed by atoms with Gasteiger partial charge in [0.15, 0.2) is 0 Å². The van der Waals surface area contributed by atoms with Crippen LogP contribution in [0.15, 0.2) is 18.2 Å². The van der Waals surface area contributed by atoms with Crippen LogP contribution in [-0.2, 0) is 6.54 Å². The van der Waals surface area contributed by atoms with Gasteiger partial charge in [-0.25, -0.2) is 4.39 Å². The van der Waals surface area contributed by atoms with Crippen molar-refractivity contribution in [3.05, 3.63) is 34.6 Å². The molecule has 0 radical (unpaired) electrons. The van der Waals surface area contributed by atoms with Gasteiger partial charge in [0.25, 0.3) is 0 Å². The van der Waals surface area contributed by atoms with Gasteiger partial charge in [0.1, 0.15) is 5.82 Å². The lowest BCUT2D eigenvalue weighted by molar-refractivity contribution is 0.251. The lowest BCUT2D eigenvalue weighted by Crippen LogP contribution is -2.37. The lowest BCUT2D eigenvalue weighted by Gasteiger charge is -2.24. The van der Waals surface area contributed by atoms with E-state index in [-0.39, 0.29) is 5.82 Å². The van der Waals surface area contributed by atoms with Crippen molar-refractivity contribution in [2.75, 3.05) is 19.6 Å². The van der Waals surface area contributed by atoms with Crippen LogP contribution in [-0.4, -0.2) is 30.6 Å². The first-order valence-electron chi connectivity index (χ1n) is 7.08. The van der Waals surface area contributed by atoms with Gasteiger partial charge in [-0.2, -0.15) is 0 Å². The zero-order valence-corrected chi connectivity index (χ0v) is 12.2. The van der Waals surface area contributed by atoms with Crippen LogP contribution in [0.4, 0.5) is 4.39 Å². The van der Waals surface area contributed by atoms with Gasteiger partial charge >= 0.3 is 0 Å². The Morgan fingerprint density at radius 2 is 2.32 bits per heavy atom. The summed E-state index contributed by atoms with van der Waals surface area (Å²) in [5.74, 6) is -0.197. The second kappa shape index (κ2) is 7.22. The zero-order chi connectivity index (χ0) is 13.7. The number of hydrogen-bond acceptors (Lipinski definition) is 2. The summed E-state index contributed by atoms with van der Waals surface area (Å²) in [5.41, 5.74) is 0.738. The van der Waals surface area contributed by atoms with Crippen LogP contribution in [0.25, 0.3) is 0 Å². The molecule has 1 heterocycles. The number of nitrogens with zero attached hydrogens (tertiary/aromatic N) is 1. The second-order valence-corrected chi connectivity index (χ2v) is 5.70. The molecule has 106 valence electrons. The zero-order valence-electron chi connectivity index (χ0n) is 11.5. The standard InChI is InChI=1S/C15H22ClFN2/c1-2-4-14-11-19(8-3-7-18-14)10-12-5-6-13(16)9-15(12)17/h5-6,9,14,18H,2-4,7-8,10-11H2,1H3. The van der Waals surface area contributed by atoms with Crippen molar-refractivity contribution in [3.8, 4) is 0 Å². The van der Waals surface area contributed by atoms with E-state index in [0.29, 0.717) is 17.6 Å². The molecule has 0 bridgehead atoms. The molecule has 1 aromatic carbocycles. The van der Waals surface area contributed by atoms with Crippen LogP contribution in [0, 0.1) is 5.82 Å². The number of halogens is 2. The summed E-state index contributed by atoms with van der Waals surface area (Å²) in [6, 6.07) is 5.49. The van der Waals surface area contributed by atoms with Crippen LogP contribution in [0.3, 0.4) is 0 Å². The molecule has 0 amide bonds. The Labute approximate surface area is 119 Å². The lowest BCUT2D eigenvalue weighted by atomic mass is 10.1. The predicted octanol–water partition coefficient (Wildman–Crippen LogP) is 3.44. The summed E-state index contributed by atoms with van der Waals surface area (Å²) in [4.78, 5) is 2.34. The molecule has 1 N–H and O–H groups in total. The Morgan fingerprint density at radius 1 is 1.47 bits per heavy atom. The van der Waals surface area contributed by atoms with E-state index in [1.165, 1.54) is 18.9 Å². The van der Waals surface area contributed by atoms with Crippen molar-refractivity contribution in [2.24, 2.45) is 0 Å². The summed E-state index contributed by atoms with van der Waals surface area (Å²) >= 11 is 5.79. The molecule has 2 nitrogen and oxygen atoms in total. The van der Waals surface area contributed by atoms with Gasteiger partial charge < -0.3 is 5.32 Å². The number of rotatable bonds is 4. The normalized spacial score (nSPS) is 21.3. The molecule has 1 aliphatic rings. The fourth-order valence-electron chi connectivity index (χ4n) is 2.65. The largest absolute Gasteiger partial charge is 0.313 e. The molecule has 1 atom stereocenters. The first kappa shape index (κ1) is 14.8. The van der Waals surface area contributed by atoms with E-state index in [2.05, 4.69) is 17.1 Å². The van der Waals surface area contributed by atoms with Gasteiger partial charge in [0, 0.05) is 29.7 Å². The molecule has 1 fully saturated rings. The van der Waals surface area contributed by atoms with E-state index in [0.717, 1.165) is 31.6 Å². The second-order valence-electron chi connectivity index (χ2n) is 5.26. The number of hydrogen-bond donors (Lipinski definition) is 1. The van der Waals surface area contributed by atoms with Crippen molar-refractivity contribution in [1.82, 2.24) is 10.2 Å². The topological polar surface area (TPSA) is 15.3 Å². The Morgan fingerprint density at radius 3 is 3.05 bits per heavy atom. The Bertz CT molecular complexity index is 411. The van der Waals surface area contributed by atoms with Crippen molar-refractivity contribution in [3.63, 3.8) is 0 Å². The molecule has 19 heavy (non-hydrogen) atoms. The average molecular weight is 285 g/mol. The van der Waals surface area contributed by atoms with Gasteiger partial charge in [-0.3, -0.25) is 4.90 Å². The smallest absolute Gasteiger partial charge is 0.129 e. The van der Waals surface area contributed by atoms with Crippen molar-refractivity contribution >= 4 is 11.6 Å². The van der Waals surface area contributed by atoms with Gasteiger partial charge in [-0.1, -0.05) is 31.0 Å². The molecular formula is C15H22ClFN2. The van der Waals surface area contributed by atoms with E-state index in [4.69, 9.17) is 11.6 Å². The predicted molar refractivity (Wildman–Crippen MR) is 78.0 cm³/mol. The molecule has 0 aromatic heterocycles. The molecular weight excluding hydrogens is 263 g/mol. The third-order valence-electron chi connectivity index (χ3n) is 3.61. The molecule has 4 heteroatoms. The molecule has 1 aliphatic heterocycles. The van der Waals surface area contributed by atoms with Crippen LogP contribution in [0.1, 0.15) is 31.7 Å². The molecule has 0 saturated carbocycles. The van der Waals surface area contributed by atoms with Crippen molar-refractivity contribution < 1.29 is 4.39 Å². The van der Waals surface area contributed by atoms with Crippen LogP contribution >= 0.6 is 11.6 Å². The highest BCUT2D eigenvalue weighted by atomic mass is 35.5. The maximum Gasteiger partial charge on any atom is 0.129 e. The summed E-state index contributed by atoms with van der Waals surface area (Å²) in [7, 11) is 0. The highest BCUT2D eigenvalue weighted by Gasteiger charge is 2.18. The summed E-state index contributed by atoms with van der Waals surface area (Å²) < 4.78 is 13.8. The highest BCUT2D eigenvalue weighted by Crippen LogP contribution is 2.17.